The molecule has 0 radical (unpaired) electrons. The highest BCUT2D eigenvalue weighted by molar-refractivity contribution is 5.69. The van der Waals surface area contributed by atoms with Crippen molar-refractivity contribution < 1.29 is 9.53 Å². The Kier molecular flexibility index (Phi) is 4.94. The first kappa shape index (κ1) is 11.2. The highest BCUT2D eigenvalue weighted by atomic mass is 16.5. The minimum absolute atomic E-state index is 0.347. The number of carbonyl (C=O) groups is 1. The molecule has 1 rings (SSSR count). The first-order chi connectivity index (χ1) is 7.33. The van der Waals surface area contributed by atoms with Crippen molar-refractivity contribution in [3.8, 4) is 0 Å². The molecule has 0 saturated carbocycles. The van der Waals surface area contributed by atoms with Crippen molar-refractivity contribution >= 4 is 12.3 Å². The normalized spacial score (nSPS) is 10.2. The summed E-state index contributed by atoms with van der Waals surface area (Å²) in [5.41, 5.74) is 3.41. The van der Waals surface area contributed by atoms with Crippen LogP contribution in [0.3, 0.4) is 0 Å². The second-order valence-corrected chi connectivity index (χ2v) is 2.83. The van der Waals surface area contributed by atoms with Crippen LogP contribution in [-0.2, 0) is 11.2 Å². The van der Waals surface area contributed by atoms with Crippen LogP contribution in [0.15, 0.2) is 35.4 Å². The van der Waals surface area contributed by atoms with Crippen LogP contribution in [0.4, 0.5) is 4.79 Å². The number of hydrogen-bond acceptors (Lipinski definition) is 3. The molecule has 0 spiro atoms. The van der Waals surface area contributed by atoms with E-state index in [-0.39, 0.29) is 0 Å². The van der Waals surface area contributed by atoms with Gasteiger partial charge >= 0.3 is 6.09 Å². The Morgan fingerprint density at radius 3 is 2.87 bits per heavy atom. The SMILES string of the molecule is CCOC(=O)NN=CCc1ccccc1. The molecule has 15 heavy (non-hydrogen) atoms. The van der Waals surface area contributed by atoms with Crippen LogP contribution in [0.2, 0.25) is 0 Å². The minimum Gasteiger partial charge on any atom is -0.449 e. The van der Waals surface area contributed by atoms with Gasteiger partial charge in [0.15, 0.2) is 0 Å². The average Bonchev–Trinajstić information content (AvgIpc) is 2.26. The van der Waals surface area contributed by atoms with Crippen molar-refractivity contribution in [2.45, 2.75) is 13.3 Å². The Morgan fingerprint density at radius 2 is 2.20 bits per heavy atom. The van der Waals surface area contributed by atoms with Crippen LogP contribution in [-0.4, -0.2) is 18.9 Å². The third-order valence-electron chi connectivity index (χ3n) is 1.69. The molecule has 0 fully saturated rings. The molecule has 1 aromatic carbocycles. The van der Waals surface area contributed by atoms with Crippen molar-refractivity contribution in [2.24, 2.45) is 5.10 Å². The number of ether oxygens (including phenoxy) is 1. The molecular weight excluding hydrogens is 192 g/mol. The summed E-state index contributed by atoms with van der Waals surface area (Å²) in [6.07, 6.45) is 1.79. The molecule has 0 saturated heterocycles. The third kappa shape index (κ3) is 4.81. The smallest absolute Gasteiger partial charge is 0.427 e. The Hall–Kier alpha value is -1.84. The van der Waals surface area contributed by atoms with Gasteiger partial charge in [-0.1, -0.05) is 30.3 Å². The quantitative estimate of drug-likeness (QED) is 0.604. The number of rotatable bonds is 4. The van der Waals surface area contributed by atoms with Gasteiger partial charge in [0.25, 0.3) is 0 Å². The van der Waals surface area contributed by atoms with Crippen molar-refractivity contribution in [3.05, 3.63) is 35.9 Å². The highest BCUT2D eigenvalue weighted by Crippen LogP contribution is 1.96. The monoisotopic (exact) mass is 206 g/mol. The lowest BCUT2D eigenvalue weighted by Gasteiger charge is -1.98. The molecule has 0 atom stereocenters. The number of carbonyl (C=O) groups excluding carboxylic acids is 1. The van der Waals surface area contributed by atoms with E-state index in [0.29, 0.717) is 13.0 Å². The van der Waals surface area contributed by atoms with Crippen LogP contribution in [0, 0.1) is 0 Å². The zero-order valence-corrected chi connectivity index (χ0v) is 8.64. The second kappa shape index (κ2) is 6.59. The summed E-state index contributed by atoms with van der Waals surface area (Å²) in [6.45, 7) is 2.09. The van der Waals surface area contributed by atoms with Gasteiger partial charge in [0.2, 0.25) is 0 Å². The molecule has 0 aliphatic heterocycles. The van der Waals surface area contributed by atoms with Gasteiger partial charge in [-0.15, -0.1) is 0 Å². The molecule has 0 aliphatic carbocycles. The van der Waals surface area contributed by atoms with Gasteiger partial charge in [-0.05, 0) is 12.5 Å². The van der Waals surface area contributed by atoms with E-state index < -0.39 is 6.09 Å². The zero-order chi connectivity index (χ0) is 10.9. The van der Waals surface area contributed by atoms with Gasteiger partial charge in [-0.2, -0.15) is 5.10 Å². The lowest BCUT2D eigenvalue weighted by Crippen LogP contribution is -2.18. The predicted molar refractivity (Wildman–Crippen MR) is 58.8 cm³/mol. The summed E-state index contributed by atoms with van der Waals surface area (Å²) in [5, 5.41) is 3.74. The van der Waals surface area contributed by atoms with Gasteiger partial charge < -0.3 is 4.74 Å². The summed E-state index contributed by atoms with van der Waals surface area (Å²) >= 11 is 0. The fraction of sp³-hybridized carbons (Fsp3) is 0.273. The molecule has 0 bridgehead atoms. The summed E-state index contributed by atoms with van der Waals surface area (Å²) in [4.78, 5) is 10.8. The van der Waals surface area contributed by atoms with E-state index in [2.05, 4.69) is 15.3 Å². The van der Waals surface area contributed by atoms with Gasteiger partial charge in [0, 0.05) is 12.6 Å². The van der Waals surface area contributed by atoms with Crippen LogP contribution in [0.25, 0.3) is 0 Å². The molecule has 0 aromatic heterocycles. The largest absolute Gasteiger partial charge is 0.449 e. The van der Waals surface area contributed by atoms with E-state index in [9.17, 15) is 4.79 Å². The fourth-order valence-electron chi connectivity index (χ4n) is 1.03. The summed E-state index contributed by atoms with van der Waals surface area (Å²) < 4.78 is 4.63. The maximum absolute atomic E-state index is 10.8. The average molecular weight is 206 g/mol. The van der Waals surface area contributed by atoms with Crippen LogP contribution in [0.5, 0.6) is 0 Å². The summed E-state index contributed by atoms with van der Waals surface area (Å²) in [6, 6.07) is 9.87. The first-order valence-corrected chi connectivity index (χ1v) is 4.81. The Labute approximate surface area is 88.9 Å². The first-order valence-electron chi connectivity index (χ1n) is 4.81. The van der Waals surface area contributed by atoms with Gasteiger partial charge in [0.1, 0.15) is 0 Å². The fourth-order valence-corrected chi connectivity index (χ4v) is 1.03. The lowest BCUT2D eigenvalue weighted by molar-refractivity contribution is 0.152. The molecule has 0 aliphatic rings. The van der Waals surface area contributed by atoms with Crippen molar-refractivity contribution in [1.82, 2.24) is 5.43 Å². The second-order valence-electron chi connectivity index (χ2n) is 2.83. The predicted octanol–water partition coefficient (Wildman–Crippen LogP) is 1.96. The summed E-state index contributed by atoms with van der Waals surface area (Å²) in [5.74, 6) is 0. The standard InChI is InChI=1S/C11H14N2O2/c1-2-15-11(14)13-12-9-8-10-6-4-3-5-7-10/h3-7,9H,2,8H2,1H3,(H,13,14). The topological polar surface area (TPSA) is 50.7 Å². The third-order valence-corrected chi connectivity index (χ3v) is 1.69. The van der Waals surface area contributed by atoms with E-state index in [4.69, 9.17) is 0 Å². The molecule has 0 heterocycles. The van der Waals surface area contributed by atoms with Gasteiger partial charge in [-0.3, -0.25) is 0 Å². The highest BCUT2D eigenvalue weighted by Gasteiger charge is 1.94. The Bertz CT molecular complexity index is 323. The Morgan fingerprint density at radius 1 is 1.47 bits per heavy atom. The molecule has 0 unspecified atom stereocenters. The van der Waals surface area contributed by atoms with Crippen LogP contribution >= 0.6 is 0 Å². The number of hydrogen-bond donors (Lipinski definition) is 1. The minimum atomic E-state index is -0.526. The molecular formula is C11H14N2O2. The maximum atomic E-state index is 10.8. The van der Waals surface area contributed by atoms with Gasteiger partial charge in [-0.25, -0.2) is 10.2 Å². The lowest BCUT2D eigenvalue weighted by atomic mass is 10.2. The van der Waals surface area contributed by atoms with Crippen molar-refractivity contribution in [1.29, 1.82) is 0 Å². The maximum Gasteiger partial charge on any atom is 0.427 e. The summed E-state index contributed by atoms with van der Waals surface area (Å²) in [7, 11) is 0. The molecule has 4 heteroatoms. The van der Waals surface area contributed by atoms with E-state index in [0.717, 1.165) is 5.56 Å². The molecule has 4 nitrogen and oxygen atoms in total. The van der Waals surface area contributed by atoms with E-state index >= 15 is 0 Å². The number of benzene rings is 1. The molecule has 1 N–H and O–H groups in total. The number of nitrogens with one attached hydrogen (secondary N) is 1. The van der Waals surface area contributed by atoms with Crippen LogP contribution < -0.4 is 5.43 Å². The van der Waals surface area contributed by atoms with Crippen molar-refractivity contribution in [2.75, 3.05) is 6.61 Å². The number of amides is 1. The van der Waals surface area contributed by atoms with Crippen LogP contribution in [0.1, 0.15) is 12.5 Å². The van der Waals surface area contributed by atoms with E-state index in [1.54, 1.807) is 13.1 Å². The molecule has 1 aromatic rings. The van der Waals surface area contributed by atoms with Gasteiger partial charge in [0.05, 0.1) is 6.61 Å². The van der Waals surface area contributed by atoms with E-state index in [1.165, 1.54) is 0 Å². The number of hydrazone groups is 1. The molecule has 80 valence electrons. The van der Waals surface area contributed by atoms with E-state index in [1.807, 2.05) is 30.3 Å². The zero-order valence-electron chi connectivity index (χ0n) is 8.64. The van der Waals surface area contributed by atoms with Crippen molar-refractivity contribution in [3.63, 3.8) is 0 Å². The molecule has 1 amide bonds. The number of nitrogens with zero attached hydrogens (tertiary/aromatic N) is 1. The Balaban J connectivity index is 2.26.